The fraction of sp³-hybridized carbons (Fsp3) is 0.632. The lowest BCUT2D eigenvalue weighted by Gasteiger charge is -2.37. The first kappa shape index (κ1) is 17.4. The minimum atomic E-state index is -0.0820. The van der Waals surface area contributed by atoms with Crippen LogP contribution in [0.3, 0.4) is 0 Å². The second-order valence-corrected chi connectivity index (χ2v) is 7.63. The highest BCUT2D eigenvalue weighted by atomic mass is 16.2. The zero-order valence-electron chi connectivity index (χ0n) is 15.0. The molecule has 1 aromatic heterocycles. The number of hydrogen-bond donors (Lipinski definition) is 3. The van der Waals surface area contributed by atoms with Gasteiger partial charge in [-0.05, 0) is 37.8 Å². The molecule has 1 saturated carbocycles. The molecule has 0 spiro atoms. The summed E-state index contributed by atoms with van der Waals surface area (Å²) in [5.41, 5.74) is 1.01. The molecule has 4 rings (SSSR count). The molecule has 3 N–H and O–H groups in total. The molecule has 7 nitrogen and oxygen atoms in total. The Morgan fingerprint density at radius 2 is 2.19 bits per heavy atom. The van der Waals surface area contributed by atoms with E-state index >= 15 is 0 Å². The number of nitrogens with one attached hydrogen (secondary N) is 3. The quantitative estimate of drug-likeness (QED) is 0.648. The van der Waals surface area contributed by atoms with E-state index in [9.17, 15) is 9.59 Å². The van der Waals surface area contributed by atoms with Crippen LogP contribution >= 0.6 is 0 Å². The van der Waals surface area contributed by atoms with Gasteiger partial charge in [-0.1, -0.05) is 6.07 Å². The molecule has 0 bridgehead atoms. The summed E-state index contributed by atoms with van der Waals surface area (Å²) in [6.45, 7) is 2.20. The van der Waals surface area contributed by atoms with Gasteiger partial charge in [0.1, 0.15) is 0 Å². The van der Waals surface area contributed by atoms with Gasteiger partial charge in [0.2, 0.25) is 11.8 Å². The van der Waals surface area contributed by atoms with Gasteiger partial charge < -0.3 is 16.0 Å². The van der Waals surface area contributed by atoms with Crippen LogP contribution in [0.1, 0.15) is 37.8 Å². The molecule has 1 aliphatic carbocycles. The number of hydrogen-bond acceptors (Lipinski definition) is 5. The van der Waals surface area contributed by atoms with Gasteiger partial charge in [0.15, 0.2) is 0 Å². The van der Waals surface area contributed by atoms with E-state index in [4.69, 9.17) is 0 Å². The number of fused-ring (bicyclic) bond motifs is 1. The molecule has 3 heterocycles. The SMILES string of the molecule is O=C(CCC1CNC(=O)C2CC(NCc3ccccn3)CN12)NC1CC1. The molecular formula is C19H27N5O2. The Morgan fingerprint density at radius 3 is 2.96 bits per heavy atom. The highest BCUT2D eigenvalue weighted by Crippen LogP contribution is 2.26. The van der Waals surface area contributed by atoms with Crippen LogP contribution < -0.4 is 16.0 Å². The molecule has 3 atom stereocenters. The Labute approximate surface area is 153 Å². The van der Waals surface area contributed by atoms with Crippen LogP contribution in [0.5, 0.6) is 0 Å². The van der Waals surface area contributed by atoms with Gasteiger partial charge in [-0.15, -0.1) is 0 Å². The van der Waals surface area contributed by atoms with E-state index in [1.54, 1.807) is 6.20 Å². The normalized spacial score (nSPS) is 28.5. The number of amides is 2. The van der Waals surface area contributed by atoms with Gasteiger partial charge in [0.05, 0.1) is 11.7 Å². The molecule has 2 saturated heterocycles. The molecule has 0 aromatic carbocycles. The smallest absolute Gasteiger partial charge is 0.237 e. The predicted molar refractivity (Wildman–Crippen MR) is 97.2 cm³/mol. The molecule has 140 valence electrons. The average molecular weight is 357 g/mol. The van der Waals surface area contributed by atoms with Crippen molar-refractivity contribution in [3.63, 3.8) is 0 Å². The van der Waals surface area contributed by atoms with Crippen molar-refractivity contribution < 1.29 is 9.59 Å². The lowest BCUT2D eigenvalue weighted by Crippen LogP contribution is -2.58. The number of nitrogens with zero attached hydrogens (tertiary/aromatic N) is 2. The average Bonchev–Trinajstić information content (AvgIpc) is 3.35. The number of piperazine rings is 1. The van der Waals surface area contributed by atoms with Crippen molar-refractivity contribution >= 4 is 11.8 Å². The van der Waals surface area contributed by atoms with E-state index in [1.807, 2.05) is 18.2 Å². The van der Waals surface area contributed by atoms with Crippen LogP contribution in [-0.4, -0.2) is 59.0 Å². The van der Waals surface area contributed by atoms with E-state index < -0.39 is 0 Å². The zero-order valence-corrected chi connectivity index (χ0v) is 15.0. The lowest BCUT2D eigenvalue weighted by atomic mass is 10.0. The summed E-state index contributed by atoms with van der Waals surface area (Å²) in [6, 6.07) is 6.74. The molecule has 1 aromatic rings. The van der Waals surface area contributed by atoms with E-state index in [0.717, 1.165) is 37.9 Å². The topological polar surface area (TPSA) is 86.4 Å². The van der Waals surface area contributed by atoms with Crippen molar-refractivity contribution in [2.24, 2.45) is 0 Å². The van der Waals surface area contributed by atoms with Gasteiger partial charge in [-0.25, -0.2) is 0 Å². The highest BCUT2D eigenvalue weighted by molar-refractivity contribution is 5.83. The number of carbonyl (C=O) groups excluding carboxylic acids is 2. The Balaban J connectivity index is 1.29. The maximum Gasteiger partial charge on any atom is 0.237 e. The molecule has 3 aliphatic rings. The van der Waals surface area contributed by atoms with Crippen LogP contribution in [0, 0.1) is 0 Å². The van der Waals surface area contributed by atoms with E-state index in [2.05, 4.69) is 25.8 Å². The minimum absolute atomic E-state index is 0.0820. The standard InChI is InChI=1S/C19H27N5O2/c25-18(23-13-4-5-13)7-6-16-11-22-19(26)17-9-15(12-24(16)17)21-10-14-3-1-2-8-20-14/h1-3,8,13,15-17,21H,4-7,9-12H2,(H,22,26)(H,23,25). The van der Waals surface area contributed by atoms with Crippen molar-refractivity contribution in [3.8, 4) is 0 Å². The first-order chi connectivity index (χ1) is 12.7. The van der Waals surface area contributed by atoms with Crippen LogP contribution in [0.4, 0.5) is 0 Å². The van der Waals surface area contributed by atoms with Crippen LogP contribution in [0.25, 0.3) is 0 Å². The van der Waals surface area contributed by atoms with Crippen LogP contribution in [-0.2, 0) is 16.1 Å². The fourth-order valence-electron chi connectivity index (χ4n) is 3.97. The highest BCUT2D eigenvalue weighted by Gasteiger charge is 2.43. The maximum atomic E-state index is 12.3. The zero-order chi connectivity index (χ0) is 17.9. The fourth-order valence-corrected chi connectivity index (χ4v) is 3.97. The molecule has 3 unspecified atom stereocenters. The van der Waals surface area contributed by atoms with Gasteiger partial charge in [-0.2, -0.15) is 0 Å². The predicted octanol–water partition coefficient (Wildman–Crippen LogP) is 0.171. The third kappa shape index (κ3) is 4.22. The van der Waals surface area contributed by atoms with Gasteiger partial charge in [-0.3, -0.25) is 19.5 Å². The van der Waals surface area contributed by atoms with E-state index in [0.29, 0.717) is 25.6 Å². The minimum Gasteiger partial charge on any atom is -0.353 e. The van der Waals surface area contributed by atoms with Crippen molar-refractivity contribution in [3.05, 3.63) is 30.1 Å². The van der Waals surface area contributed by atoms with Gasteiger partial charge >= 0.3 is 0 Å². The Kier molecular flexibility index (Phi) is 5.17. The molecule has 2 aliphatic heterocycles. The summed E-state index contributed by atoms with van der Waals surface area (Å²) in [7, 11) is 0. The molecule has 26 heavy (non-hydrogen) atoms. The molecule has 7 heteroatoms. The Morgan fingerprint density at radius 1 is 1.31 bits per heavy atom. The number of carbonyl (C=O) groups is 2. The summed E-state index contributed by atoms with van der Waals surface area (Å²) in [4.78, 5) is 30.9. The number of pyridine rings is 1. The first-order valence-corrected chi connectivity index (χ1v) is 9.65. The summed E-state index contributed by atoms with van der Waals surface area (Å²) in [5.74, 6) is 0.260. The second kappa shape index (κ2) is 7.72. The summed E-state index contributed by atoms with van der Waals surface area (Å²) in [6.07, 6.45) is 6.16. The molecule has 2 amide bonds. The summed E-state index contributed by atoms with van der Waals surface area (Å²) in [5, 5.41) is 9.60. The molecule has 3 fully saturated rings. The van der Waals surface area contributed by atoms with Crippen molar-refractivity contribution in [2.45, 2.75) is 62.8 Å². The monoisotopic (exact) mass is 357 g/mol. The number of rotatable bonds is 7. The Bertz CT molecular complexity index is 649. The third-order valence-corrected chi connectivity index (χ3v) is 5.57. The van der Waals surface area contributed by atoms with E-state index in [1.165, 1.54) is 0 Å². The molecule has 0 radical (unpaired) electrons. The van der Waals surface area contributed by atoms with Gasteiger partial charge in [0.25, 0.3) is 0 Å². The van der Waals surface area contributed by atoms with Gasteiger partial charge in [0, 0.05) is 50.4 Å². The lowest BCUT2D eigenvalue weighted by molar-refractivity contribution is -0.129. The number of aromatic nitrogens is 1. The van der Waals surface area contributed by atoms with Crippen LogP contribution in [0.15, 0.2) is 24.4 Å². The van der Waals surface area contributed by atoms with Crippen molar-refractivity contribution in [2.75, 3.05) is 13.1 Å². The van der Waals surface area contributed by atoms with E-state index in [-0.39, 0.29) is 29.9 Å². The largest absolute Gasteiger partial charge is 0.353 e. The molecular weight excluding hydrogens is 330 g/mol. The second-order valence-electron chi connectivity index (χ2n) is 7.63. The third-order valence-electron chi connectivity index (χ3n) is 5.57. The first-order valence-electron chi connectivity index (χ1n) is 9.65. The summed E-state index contributed by atoms with van der Waals surface area (Å²) >= 11 is 0. The van der Waals surface area contributed by atoms with Crippen LogP contribution in [0.2, 0.25) is 0 Å². The maximum absolute atomic E-state index is 12.3. The summed E-state index contributed by atoms with van der Waals surface area (Å²) < 4.78 is 0. The van der Waals surface area contributed by atoms with Crippen molar-refractivity contribution in [1.82, 2.24) is 25.8 Å². The van der Waals surface area contributed by atoms with Crippen molar-refractivity contribution in [1.29, 1.82) is 0 Å². The Hall–Kier alpha value is -1.99.